The molecule has 0 saturated heterocycles. The van der Waals surface area contributed by atoms with Crippen LogP contribution < -0.4 is 5.32 Å². The maximum atomic E-state index is 12.8. The largest absolute Gasteiger partial charge is 0.416 e. The molecule has 0 aromatic heterocycles. The average molecular weight is 465 g/mol. The van der Waals surface area contributed by atoms with Crippen molar-refractivity contribution in [1.82, 2.24) is 0 Å². The number of anilines is 1. The standard InChI is InChI=1S/C21H12ClF3N2O3S/c22-16-4-7-18(8-5-16)31(29,30)19-9-6-17(11-14(19)12-26)27-20(28)13-2-1-3-15(10-13)21(23,24)25/h1-11H,(H,27,28). The molecule has 0 radical (unpaired) electrons. The Hall–Kier alpha value is -3.35. The minimum absolute atomic E-state index is 0.0500. The van der Waals surface area contributed by atoms with Crippen LogP contribution in [-0.4, -0.2) is 14.3 Å². The zero-order valence-corrected chi connectivity index (χ0v) is 17.0. The van der Waals surface area contributed by atoms with Gasteiger partial charge in [0.15, 0.2) is 0 Å². The molecule has 1 amide bonds. The van der Waals surface area contributed by atoms with E-state index >= 15 is 0 Å². The molecule has 158 valence electrons. The van der Waals surface area contributed by atoms with Crippen molar-refractivity contribution in [3.05, 3.63) is 88.4 Å². The third kappa shape index (κ3) is 4.87. The Balaban J connectivity index is 1.91. The number of halogens is 4. The molecule has 0 aliphatic heterocycles. The fourth-order valence-corrected chi connectivity index (χ4v) is 4.23. The van der Waals surface area contributed by atoms with Gasteiger partial charge in [-0.15, -0.1) is 0 Å². The molecular formula is C21H12ClF3N2O3S. The van der Waals surface area contributed by atoms with Crippen molar-refractivity contribution in [2.75, 3.05) is 5.32 Å². The fraction of sp³-hybridized carbons (Fsp3) is 0.0476. The van der Waals surface area contributed by atoms with Gasteiger partial charge in [0.1, 0.15) is 6.07 Å². The number of hydrogen-bond acceptors (Lipinski definition) is 4. The Morgan fingerprint density at radius 2 is 1.68 bits per heavy atom. The zero-order chi connectivity index (χ0) is 22.8. The van der Waals surface area contributed by atoms with Gasteiger partial charge in [-0.3, -0.25) is 4.79 Å². The molecule has 0 atom stereocenters. The Morgan fingerprint density at radius 1 is 1.00 bits per heavy atom. The summed E-state index contributed by atoms with van der Waals surface area (Å²) in [6, 6.07) is 14.5. The molecule has 0 fully saturated rings. The average Bonchev–Trinajstić information content (AvgIpc) is 2.73. The van der Waals surface area contributed by atoms with Crippen LogP contribution in [0, 0.1) is 11.3 Å². The molecule has 3 aromatic rings. The molecule has 3 rings (SSSR count). The van der Waals surface area contributed by atoms with Crippen LogP contribution in [0.1, 0.15) is 21.5 Å². The molecule has 0 aliphatic carbocycles. The number of carbonyl (C=O) groups excluding carboxylic acids is 1. The quantitative estimate of drug-likeness (QED) is 0.566. The number of nitrogens with one attached hydrogen (secondary N) is 1. The van der Waals surface area contributed by atoms with Crippen molar-refractivity contribution < 1.29 is 26.4 Å². The Bertz CT molecular complexity index is 1300. The summed E-state index contributed by atoms with van der Waals surface area (Å²) in [6.45, 7) is 0. The molecule has 0 heterocycles. The van der Waals surface area contributed by atoms with Crippen LogP contribution in [0.3, 0.4) is 0 Å². The molecule has 0 bridgehead atoms. The van der Waals surface area contributed by atoms with Crippen LogP contribution in [0.25, 0.3) is 0 Å². The van der Waals surface area contributed by atoms with Crippen LogP contribution in [0.5, 0.6) is 0 Å². The van der Waals surface area contributed by atoms with Crippen molar-refractivity contribution in [3.8, 4) is 6.07 Å². The van der Waals surface area contributed by atoms with Crippen LogP contribution in [0.4, 0.5) is 18.9 Å². The maximum Gasteiger partial charge on any atom is 0.416 e. The van der Waals surface area contributed by atoms with E-state index < -0.39 is 27.5 Å². The van der Waals surface area contributed by atoms with Crippen LogP contribution >= 0.6 is 11.6 Å². The van der Waals surface area contributed by atoms with Gasteiger partial charge >= 0.3 is 6.18 Å². The number of benzene rings is 3. The first-order chi connectivity index (χ1) is 14.5. The summed E-state index contributed by atoms with van der Waals surface area (Å²) in [5.41, 5.74) is -1.42. The zero-order valence-electron chi connectivity index (χ0n) is 15.4. The van der Waals surface area contributed by atoms with E-state index in [1.165, 1.54) is 36.4 Å². The van der Waals surface area contributed by atoms with Gasteiger partial charge in [0, 0.05) is 16.3 Å². The van der Waals surface area contributed by atoms with E-state index in [2.05, 4.69) is 5.32 Å². The second kappa shape index (κ2) is 8.41. The first-order valence-corrected chi connectivity index (χ1v) is 10.4. The predicted octanol–water partition coefficient (Wildman–Crippen LogP) is 5.32. The summed E-state index contributed by atoms with van der Waals surface area (Å²) in [7, 11) is -4.04. The fourth-order valence-electron chi connectivity index (χ4n) is 2.71. The molecule has 0 saturated carbocycles. The Morgan fingerprint density at radius 3 is 2.29 bits per heavy atom. The van der Waals surface area contributed by atoms with Gasteiger partial charge in [0.05, 0.1) is 20.9 Å². The van der Waals surface area contributed by atoms with E-state index in [0.29, 0.717) is 11.1 Å². The summed E-state index contributed by atoms with van der Waals surface area (Å²) >= 11 is 5.77. The highest BCUT2D eigenvalue weighted by atomic mass is 35.5. The molecule has 1 N–H and O–H groups in total. The second-order valence-corrected chi connectivity index (χ2v) is 8.67. The van der Waals surface area contributed by atoms with Crippen LogP contribution in [0.15, 0.2) is 76.5 Å². The van der Waals surface area contributed by atoms with E-state index in [9.17, 15) is 31.6 Å². The van der Waals surface area contributed by atoms with Gasteiger partial charge in [-0.2, -0.15) is 18.4 Å². The Kier molecular flexibility index (Phi) is 6.06. The minimum Gasteiger partial charge on any atom is -0.322 e. The van der Waals surface area contributed by atoms with Gasteiger partial charge in [-0.1, -0.05) is 17.7 Å². The van der Waals surface area contributed by atoms with Crippen LogP contribution in [-0.2, 0) is 16.0 Å². The molecule has 3 aromatic carbocycles. The number of amides is 1. The third-order valence-electron chi connectivity index (χ3n) is 4.22. The lowest BCUT2D eigenvalue weighted by Crippen LogP contribution is -2.14. The van der Waals surface area contributed by atoms with E-state index in [-0.39, 0.29) is 26.6 Å². The highest BCUT2D eigenvalue weighted by Crippen LogP contribution is 2.30. The number of alkyl halides is 3. The van der Waals surface area contributed by atoms with Crippen molar-refractivity contribution in [2.45, 2.75) is 16.0 Å². The summed E-state index contributed by atoms with van der Waals surface area (Å²) in [5.74, 6) is -0.844. The monoisotopic (exact) mass is 464 g/mol. The highest BCUT2D eigenvalue weighted by Gasteiger charge is 2.31. The van der Waals surface area contributed by atoms with Crippen molar-refractivity contribution in [2.24, 2.45) is 0 Å². The summed E-state index contributed by atoms with van der Waals surface area (Å²) in [4.78, 5) is 12.0. The molecule has 5 nitrogen and oxygen atoms in total. The van der Waals surface area contributed by atoms with E-state index in [4.69, 9.17) is 11.6 Å². The maximum absolute atomic E-state index is 12.8. The molecule has 31 heavy (non-hydrogen) atoms. The smallest absolute Gasteiger partial charge is 0.322 e. The topological polar surface area (TPSA) is 87.0 Å². The second-order valence-electron chi connectivity index (χ2n) is 6.31. The molecular weight excluding hydrogens is 453 g/mol. The van der Waals surface area contributed by atoms with E-state index in [1.54, 1.807) is 6.07 Å². The van der Waals surface area contributed by atoms with E-state index in [1.807, 2.05) is 0 Å². The number of carbonyl (C=O) groups is 1. The van der Waals surface area contributed by atoms with Crippen molar-refractivity contribution in [3.63, 3.8) is 0 Å². The van der Waals surface area contributed by atoms with Gasteiger partial charge < -0.3 is 5.32 Å². The van der Waals surface area contributed by atoms with Crippen molar-refractivity contribution >= 4 is 33.0 Å². The lowest BCUT2D eigenvalue weighted by Gasteiger charge is -2.11. The van der Waals surface area contributed by atoms with Crippen molar-refractivity contribution in [1.29, 1.82) is 5.26 Å². The molecule has 0 spiro atoms. The summed E-state index contributed by atoms with van der Waals surface area (Å²) in [5, 5.41) is 12.1. The number of nitrogens with zero attached hydrogens (tertiary/aromatic N) is 1. The van der Waals surface area contributed by atoms with Crippen LogP contribution in [0.2, 0.25) is 5.02 Å². The SMILES string of the molecule is N#Cc1cc(NC(=O)c2cccc(C(F)(F)F)c2)ccc1S(=O)(=O)c1ccc(Cl)cc1. The molecule has 0 unspecified atom stereocenters. The number of nitriles is 1. The molecule has 10 heteroatoms. The number of sulfone groups is 1. The highest BCUT2D eigenvalue weighted by molar-refractivity contribution is 7.91. The normalized spacial score (nSPS) is 11.6. The van der Waals surface area contributed by atoms with Gasteiger partial charge in [0.25, 0.3) is 5.91 Å². The van der Waals surface area contributed by atoms with Gasteiger partial charge in [0.2, 0.25) is 9.84 Å². The number of rotatable bonds is 4. The first kappa shape index (κ1) is 22.3. The third-order valence-corrected chi connectivity index (χ3v) is 6.30. The van der Waals surface area contributed by atoms with Gasteiger partial charge in [-0.05, 0) is 60.7 Å². The number of hydrogen-bond donors (Lipinski definition) is 1. The van der Waals surface area contributed by atoms with E-state index in [0.717, 1.165) is 24.3 Å². The van der Waals surface area contributed by atoms with Gasteiger partial charge in [-0.25, -0.2) is 8.42 Å². The summed E-state index contributed by atoms with van der Waals surface area (Å²) < 4.78 is 64.2. The Labute approximate surface area is 180 Å². The first-order valence-electron chi connectivity index (χ1n) is 8.56. The lowest BCUT2D eigenvalue weighted by molar-refractivity contribution is -0.137. The predicted molar refractivity (Wildman–Crippen MR) is 107 cm³/mol. The lowest BCUT2D eigenvalue weighted by atomic mass is 10.1. The molecule has 0 aliphatic rings. The minimum atomic E-state index is -4.61. The summed E-state index contributed by atoms with van der Waals surface area (Å²) in [6.07, 6.45) is -4.61.